The van der Waals surface area contributed by atoms with Gasteiger partial charge in [-0.05, 0) is 29.2 Å². The standard InChI is InChI=1S/C11H14N2/c1-3-9(7-12)11-5-6-13-8-10(11)4-2/h3,5-8H,1,4,12H2,2H3/b9-7+. The third-order valence-electron chi connectivity index (χ3n) is 1.99. The molecule has 0 aliphatic heterocycles. The van der Waals surface area contributed by atoms with Crippen LogP contribution in [0.25, 0.3) is 5.57 Å². The molecule has 1 rings (SSSR count). The van der Waals surface area contributed by atoms with E-state index in [4.69, 9.17) is 5.73 Å². The average Bonchev–Trinajstić information content (AvgIpc) is 2.20. The van der Waals surface area contributed by atoms with E-state index in [0.29, 0.717) is 0 Å². The van der Waals surface area contributed by atoms with Crippen LogP contribution >= 0.6 is 0 Å². The zero-order valence-corrected chi connectivity index (χ0v) is 7.83. The Hall–Kier alpha value is -1.57. The van der Waals surface area contributed by atoms with E-state index in [0.717, 1.165) is 17.6 Å². The van der Waals surface area contributed by atoms with Crippen molar-refractivity contribution in [2.45, 2.75) is 13.3 Å². The van der Waals surface area contributed by atoms with Gasteiger partial charge in [-0.25, -0.2) is 0 Å². The van der Waals surface area contributed by atoms with E-state index in [9.17, 15) is 0 Å². The van der Waals surface area contributed by atoms with Gasteiger partial charge < -0.3 is 5.73 Å². The number of hydrogen-bond donors (Lipinski definition) is 1. The quantitative estimate of drug-likeness (QED) is 0.713. The first-order valence-electron chi connectivity index (χ1n) is 4.31. The minimum absolute atomic E-state index is 0.953. The Balaban J connectivity index is 3.19. The first-order valence-corrected chi connectivity index (χ1v) is 4.31. The molecule has 1 heterocycles. The highest BCUT2D eigenvalue weighted by atomic mass is 14.6. The van der Waals surface area contributed by atoms with Crippen molar-refractivity contribution in [3.63, 3.8) is 0 Å². The molecule has 1 aromatic rings. The van der Waals surface area contributed by atoms with Gasteiger partial charge in [-0.15, -0.1) is 0 Å². The van der Waals surface area contributed by atoms with Gasteiger partial charge in [-0.2, -0.15) is 0 Å². The van der Waals surface area contributed by atoms with E-state index in [-0.39, 0.29) is 0 Å². The van der Waals surface area contributed by atoms with Gasteiger partial charge in [0.2, 0.25) is 0 Å². The molecule has 0 fully saturated rings. The van der Waals surface area contributed by atoms with Crippen LogP contribution in [0.3, 0.4) is 0 Å². The normalized spacial score (nSPS) is 11.3. The summed E-state index contributed by atoms with van der Waals surface area (Å²) in [5.74, 6) is 0. The predicted octanol–water partition coefficient (Wildman–Crippen LogP) is 2.13. The van der Waals surface area contributed by atoms with E-state index in [1.54, 1.807) is 18.5 Å². The fraction of sp³-hybridized carbons (Fsp3) is 0.182. The smallest absolute Gasteiger partial charge is 0.0305 e. The molecule has 0 amide bonds. The Morgan fingerprint density at radius 2 is 2.46 bits per heavy atom. The lowest BCUT2D eigenvalue weighted by Gasteiger charge is -2.06. The van der Waals surface area contributed by atoms with Crippen molar-refractivity contribution in [1.29, 1.82) is 0 Å². The molecule has 0 bridgehead atoms. The summed E-state index contributed by atoms with van der Waals surface area (Å²) in [5, 5.41) is 0. The summed E-state index contributed by atoms with van der Waals surface area (Å²) in [5.41, 5.74) is 8.76. The molecule has 0 unspecified atom stereocenters. The van der Waals surface area contributed by atoms with Gasteiger partial charge in [-0.3, -0.25) is 4.98 Å². The van der Waals surface area contributed by atoms with Gasteiger partial charge in [0.15, 0.2) is 0 Å². The zero-order valence-electron chi connectivity index (χ0n) is 7.83. The second kappa shape index (κ2) is 4.45. The van der Waals surface area contributed by atoms with Crippen LogP contribution in [0.5, 0.6) is 0 Å². The van der Waals surface area contributed by atoms with Crippen molar-refractivity contribution in [3.05, 3.63) is 48.4 Å². The van der Waals surface area contributed by atoms with Gasteiger partial charge in [0.25, 0.3) is 0 Å². The van der Waals surface area contributed by atoms with Crippen LogP contribution in [0.2, 0.25) is 0 Å². The summed E-state index contributed by atoms with van der Waals surface area (Å²) < 4.78 is 0. The highest BCUT2D eigenvalue weighted by Crippen LogP contribution is 2.18. The van der Waals surface area contributed by atoms with Gasteiger partial charge >= 0.3 is 0 Å². The van der Waals surface area contributed by atoms with Crippen molar-refractivity contribution < 1.29 is 0 Å². The van der Waals surface area contributed by atoms with E-state index in [1.165, 1.54) is 5.56 Å². The third kappa shape index (κ3) is 1.96. The molecule has 0 saturated carbocycles. The lowest BCUT2D eigenvalue weighted by molar-refractivity contribution is 1.09. The molecule has 2 heteroatoms. The minimum atomic E-state index is 0.953. The van der Waals surface area contributed by atoms with Crippen molar-refractivity contribution in [1.82, 2.24) is 4.98 Å². The van der Waals surface area contributed by atoms with Gasteiger partial charge in [-0.1, -0.05) is 19.6 Å². The molecule has 0 spiro atoms. The van der Waals surface area contributed by atoms with Gasteiger partial charge in [0.05, 0.1) is 0 Å². The molecular weight excluding hydrogens is 160 g/mol. The molecule has 13 heavy (non-hydrogen) atoms. The maximum absolute atomic E-state index is 5.49. The highest BCUT2D eigenvalue weighted by molar-refractivity contribution is 5.74. The molecule has 0 aliphatic carbocycles. The van der Waals surface area contributed by atoms with E-state index < -0.39 is 0 Å². The molecule has 0 aliphatic rings. The number of nitrogens with zero attached hydrogens (tertiary/aromatic N) is 1. The van der Waals surface area contributed by atoms with Crippen LogP contribution in [0.15, 0.2) is 37.3 Å². The summed E-state index contributed by atoms with van der Waals surface area (Å²) in [6.45, 7) is 5.81. The number of allylic oxidation sites excluding steroid dienone is 2. The van der Waals surface area contributed by atoms with Crippen LogP contribution in [-0.2, 0) is 6.42 Å². The Bertz CT molecular complexity index is 327. The third-order valence-corrected chi connectivity index (χ3v) is 1.99. The molecule has 0 aromatic carbocycles. The molecule has 0 saturated heterocycles. The van der Waals surface area contributed by atoms with Gasteiger partial charge in [0, 0.05) is 18.6 Å². The Labute approximate surface area is 78.8 Å². The number of hydrogen-bond acceptors (Lipinski definition) is 2. The molecular formula is C11H14N2. The maximum Gasteiger partial charge on any atom is 0.0305 e. The number of rotatable bonds is 3. The first kappa shape index (κ1) is 9.52. The molecule has 2 nitrogen and oxygen atoms in total. The SMILES string of the molecule is C=C/C(=C\N)c1ccncc1CC. The summed E-state index contributed by atoms with van der Waals surface area (Å²) in [7, 11) is 0. The lowest BCUT2D eigenvalue weighted by Crippen LogP contribution is -1.93. The Kier molecular flexibility index (Phi) is 3.26. The summed E-state index contributed by atoms with van der Waals surface area (Å²) in [6, 6.07) is 1.96. The van der Waals surface area contributed by atoms with Crippen LogP contribution in [-0.4, -0.2) is 4.98 Å². The molecule has 1 aromatic heterocycles. The fourth-order valence-corrected chi connectivity index (χ4v) is 1.26. The van der Waals surface area contributed by atoms with E-state index in [1.807, 2.05) is 12.3 Å². The molecule has 0 radical (unpaired) electrons. The molecule has 68 valence electrons. The highest BCUT2D eigenvalue weighted by Gasteiger charge is 2.02. The summed E-state index contributed by atoms with van der Waals surface area (Å²) in [4.78, 5) is 4.06. The Morgan fingerprint density at radius 3 is 3.00 bits per heavy atom. The maximum atomic E-state index is 5.49. The van der Waals surface area contributed by atoms with Gasteiger partial charge in [0.1, 0.15) is 0 Å². The van der Waals surface area contributed by atoms with Crippen molar-refractivity contribution in [2.75, 3.05) is 0 Å². The number of pyridine rings is 1. The van der Waals surface area contributed by atoms with Crippen LogP contribution in [0.4, 0.5) is 0 Å². The Morgan fingerprint density at radius 1 is 1.69 bits per heavy atom. The fourth-order valence-electron chi connectivity index (χ4n) is 1.26. The van der Waals surface area contributed by atoms with Crippen LogP contribution in [0, 0.1) is 0 Å². The molecule has 2 N–H and O–H groups in total. The topological polar surface area (TPSA) is 38.9 Å². The largest absolute Gasteiger partial charge is 0.404 e. The van der Waals surface area contributed by atoms with Crippen molar-refractivity contribution in [3.8, 4) is 0 Å². The van der Waals surface area contributed by atoms with E-state index in [2.05, 4.69) is 18.5 Å². The summed E-state index contributed by atoms with van der Waals surface area (Å²) in [6.07, 6.45) is 7.91. The monoisotopic (exact) mass is 174 g/mol. The second-order valence-electron chi connectivity index (χ2n) is 2.71. The number of aryl methyl sites for hydroxylation is 1. The minimum Gasteiger partial charge on any atom is -0.404 e. The predicted molar refractivity (Wildman–Crippen MR) is 56.0 cm³/mol. The lowest BCUT2D eigenvalue weighted by atomic mass is 10.0. The number of nitrogens with two attached hydrogens (primary N) is 1. The van der Waals surface area contributed by atoms with Crippen LogP contribution in [0.1, 0.15) is 18.1 Å². The summed E-state index contributed by atoms with van der Waals surface area (Å²) >= 11 is 0. The molecule has 0 atom stereocenters. The van der Waals surface area contributed by atoms with Crippen molar-refractivity contribution in [2.24, 2.45) is 5.73 Å². The number of aromatic nitrogens is 1. The first-order chi connectivity index (χ1) is 6.33. The van der Waals surface area contributed by atoms with Crippen molar-refractivity contribution >= 4 is 5.57 Å². The second-order valence-corrected chi connectivity index (χ2v) is 2.71. The van der Waals surface area contributed by atoms with Crippen LogP contribution < -0.4 is 5.73 Å². The average molecular weight is 174 g/mol. The zero-order chi connectivity index (χ0) is 9.68. The van der Waals surface area contributed by atoms with E-state index >= 15 is 0 Å².